The Hall–Kier alpha value is -2.38. The Kier molecular flexibility index (Phi) is 4.42. The maximum absolute atomic E-state index is 4.04. The second-order valence-electron chi connectivity index (χ2n) is 6.31. The predicted molar refractivity (Wildman–Crippen MR) is 100 cm³/mol. The number of rotatable bonds is 5. The van der Waals surface area contributed by atoms with Crippen LogP contribution in [0.2, 0.25) is 0 Å². The van der Waals surface area contributed by atoms with Crippen molar-refractivity contribution >= 4 is 23.1 Å². The van der Waals surface area contributed by atoms with Gasteiger partial charge in [0.05, 0.1) is 11.4 Å². The summed E-state index contributed by atoms with van der Waals surface area (Å²) in [6, 6.07) is 15.0. The summed E-state index contributed by atoms with van der Waals surface area (Å²) in [7, 11) is 4.23. The molecule has 0 amide bonds. The van der Waals surface area contributed by atoms with Crippen molar-refractivity contribution in [3.8, 4) is 11.4 Å². The molecule has 2 aromatic carbocycles. The first-order valence-electron chi connectivity index (χ1n) is 8.29. The molecule has 0 fully saturated rings. The fraction of sp³-hybridized carbons (Fsp3) is 0.278. The lowest BCUT2D eigenvalue weighted by molar-refractivity contribution is 0.402. The molecule has 4 rings (SSSR count). The fourth-order valence-corrected chi connectivity index (χ4v) is 4.12. The van der Waals surface area contributed by atoms with Crippen LogP contribution in [0.1, 0.15) is 6.42 Å². The zero-order valence-electron chi connectivity index (χ0n) is 14.3. The van der Waals surface area contributed by atoms with E-state index in [2.05, 4.69) is 87.0 Å². The van der Waals surface area contributed by atoms with E-state index in [1.165, 1.54) is 21.2 Å². The van der Waals surface area contributed by atoms with Gasteiger partial charge >= 0.3 is 0 Å². The lowest BCUT2D eigenvalue weighted by Crippen LogP contribution is -2.25. The molecule has 0 radical (unpaired) electrons. The van der Waals surface area contributed by atoms with Gasteiger partial charge in [-0.05, 0) is 67.8 Å². The summed E-state index contributed by atoms with van der Waals surface area (Å²) in [5.74, 6) is 0.694. The van der Waals surface area contributed by atoms with Crippen molar-refractivity contribution < 1.29 is 0 Å². The third-order valence-electron chi connectivity index (χ3n) is 4.23. The van der Waals surface area contributed by atoms with Crippen LogP contribution < -0.4 is 4.90 Å². The predicted octanol–water partition coefficient (Wildman–Crippen LogP) is 3.42. The number of nitrogens with zero attached hydrogens (tertiary/aromatic N) is 5. The molecule has 0 bridgehead atoms. The standard InChI is InChI=1S/C18H20N6S/c1-23(2)10-5-11-24-14-6-3-4-7-16(14)25-17-9-8-13(12-15(17)24)18-19-21-22-20-18/h3-4,6-9,12H,5,10-11H2,1-2H3,(H,19,20,21,22). The summed E-state index contributed by atoms with van der Waals surface area (Å²) in [6.45, 7) is 2.04. The zero-order chi connectivity index (χ0) is 17.2. The van der Waals surface area contributed by atoms with Crippen LogP contribution in [0, 0.1) is 0 Å². The number of nitrogens with one attached hydrogen (secondary N) is 1. The number of tetrazole rings is 1. The Morgan fingerprint density at radius 3 is 2.72 bits per heavy atom. The molecule has 25 heavy (non-hydrogen) atoms. The molecule has 1 aliphatic rings. The minimum Gasteiger partial charge on any atom is -0.340 e. The van der Waals surface area contributed by atoms with E-state index < -0.39 is 0 Å². The number of hydrogen-bond donors (Lipinski definition) is 1. The van der Waals surface area contributed by atoms with E-state index in [0.717, 1.165) is 25.1 Å². The van der Waals surface area contributed by atoms with Crippen LogP contribution in [0.3, 0.4) is 0 Å². The van der Waals surface area contributed by atoms with Gasteiger partial charge in [0.25, 0.3) is 0 Å². The van der Waals surface area contributed by atoms with Gasteiger partial charge in [0.15, 0.2) is 5.82 Å². The molecule has 1 N–H and O–H groups in total. The number of fused-ring (bicyclic) bond motifs is 2. The number of aromatic nitrogens is 4. The highest BCUT2D eigenvalue weighted by molar-refractivity contribution is 7.99. The summed E-state index contributed by atoms with van der Waals surface area (Å²) in [5, 5.41) is 14.3. The molecule has 0 atom stereocenters. The lowest BCUT2D eigenvalue weighted by atomic mass is 10.1. The Balaban J connectivity index is 1.72. The van der Waals surface area contributed by atoms with Crippen LogP contribution in [0.4, 0.5) is 11.4 Å². The minimum atomic E-state index is 0.694. The third-order valence-corrected chi connectivity index (χ3v) is 5.36. The quantitative estimate of drug-likeness (QED) is 0.759. The molecule has 0 saturated carbocycles. The molecule has 0 unspecified atom stereocenters. The Morgan fingerprint density at radius 1 is 1.08 bits per heavy atom. The van der Waals surface area contributed by atoms with Gasteiger partial charge < -0.3 is 9.80 Å². The van der Waals surface area contributed by atoms with Gasteiger partial charge in [0.2, 0.25) is 0 Å². The number of hydrogen-bond acceptors (Lipinski definition) is 6. The van der Waals surface area contributed by atoms with Crippen LogP contribution in [-0.4, -0.2) is 52.7 Å². The van der Waals surface area contributed by atoms with Crippen LogP contribution >= 0.6 is 11.8 Å². The number of para-hydroxylation sites is 1. The van der Waals surface area contributed by atoms with Crippen LogP contribution in [0.15, 0.2) is 52.3 Å². The van der Waals surface area contributed by atoms with Gasteiger partial charge in [-0.25, -0.2) is 5.10 Å². The molecule has 1 aliphatic heterocycles. The highest BCUT2D eigenvalue weighted by Crippen LogP contribution is 2.48. The smallest absolute Gasteiger partial charge is 0.179 e. The molecular weight excluding hydrogens is 332 g/mol. The Bertz CT molecular complexity index is 862. The van der Waals surface area contributed by atoms with E-state index in [9.17, 15) is 0 Å². The van der Waals surface area contributed by atoms with Crippen molar-refractivity contribution in [2.24, 2.45) is 0 Å². The highest BCUT2D eigenvalue weighted by atomic mass is 32.2. The van der Waals surface area contributed by atoms with E-state index in [4.69, 9.17) is 0 Å². The van der Waals surface area contributed by atoms with Crippen molar-refractivity contribution in [3.63, 3.8) is 0 Å². The topological polar surface area (TPSA) is 60.9 Å². The molecule has 0 saturated heterocycles. The Labute approximate surface area is 151 Å². The lowest BCUT2D eigenvalue weighted by Gasteiger charge is -2.33. The number of H-pyrrole nitrogens is 1. The van der Waals surface area contributed by atoms with Gasteiger partial charge in [-0.15, -0.1) is 5.10 Å². The molecule has 3 aromatic rings. The van der Waals surface area contributed by atoms with E-state index in [1.54, 1.807) is 0 Å². The fourth-order valence-electron chi connectivity index (χ4n) is 3.04. The van der Waals surface area contributed by atoms with Crippen LogP contribution in [-0.2, 0) is 0 Å². The van der Waals surface area contributed by atoms with E-state index in [-0.39, 0.29) is 0 Å². The van der Waals surface area contributed by atoms with Gasteiger partial charge in [0.1, 0.15) is 0 Å². The maximum atomic E-state index is 4.04. The summed E-state index contributed by atoms with van der Waals surface area (Å²) in [4.78, 5) is 7.20. The molecule has 2 heterocycles. The van der Waals surface area contributed by atoms with Crippen LogP contribution in [0.25, 0.3) is 11.4 Å². The summed E-state index contributed by atoms with van der Waals surface area (Å²) >= 11 is 1.82. The van der Waals surface area contributed by atoms with Crippen molar-refractivity contribution in [1.29, 1.82) is 0 Å². The first kappa shape index (κ1) is 16.1. The number of benzene rings is 2. The SMILES string of the molecule is CN(C)CCCN1c2ccccc2Sc2ccc(-c3nnn[nH]3)cc21. The molecule has 1 aromatic heterocycles. The average molecular weight is 352 g/mol. The molecule has 7 heteroatoms. The normalized spacial score (nSPS) is 13.0. The first-order valence-corrected chi connectivity index (χ1v) is 9.11. The first-order chi connectivity index (χ1) is 12.2. The number of aromatic amines is 1. The summed E-state index contributed by atoms with van der Waals surface area (Å²) in [5.41, 5.74) is 3.49. The van der Waals surface area contributed by atoms with Gasteiger partial charge in [-0.2, -0.15) is 0 Å². The monoisotopic (exact) mass is 352 g/mol. The molecule has 128 valence electrons. The minimum absolute atomic E-state index is 0.694. The molecular formula is C18H20N6S. The van der Waals surface area contributed by atoms with Gasteiger partial charge in [-0.1, -0.05) is 23.9 Å². The molecule has 0 aliphatic carbocycles. The van der Waals surface area contributed by atoms with Crippen molar-refractivity contribution in [1.82, 2.24) is 25.5 Å². The van der Waals surface area contributed by atoms with Crippen molar-refractivity contribution in [2.75, 3.05) is 32.1 Å². The van der Waals surface area contributed by atoms with E-state index in [1.807, 2.05) is 11.8 Å². The second kappa shape index (κ2) is 6.85. The molecule has 6 nitrogen and oxygen atoms in total. The van der Waals surface area contributed by atoms with E-state index in [0.29, 0.717) is 5.82 Å². The zero-order valence-corrected chi connectivity index (χ0v) is 15.1. The van der Waals surface area contributed by atoms with Crippen molar-refractivity contribution in [2.45, 2.75) is 16.2 Å². The van der Waals surface area contributed by atoms with Gasteiger partial charge in [-0.3, -0.25) is 0 Å². The Morgan fingerprint density at radius 2 is 1.92 bits per heavy atom. The van der Waals surface area contributed by atoms with Crippen LogP contribution in [0.5, 0.6) is 0 Å². The molecule has 0 spiro atoms. The second-order valence-corrected chi connectivity index (χ2v) is 7.39. The number of anilines is 2. The van der Waals surface area contributed by atoms with E-state index >= 15 is 0 Å². The maximum Gasteiger partial charge on any atom is 0.179 e. The highest BCUT2D eigenvalue weighted by Gasteiger charge is 2.23. The summed E-state index contributed by atoms with van der Waals surface area (Å²) in [6.07, 6.45) is 1.10. The third kappa shape index (κ3) is 3.25. The largest absolute Gasteiger partial charge is 0.340 e. The average Bonchev–Trinajstić information content (AvgIpc) is 3.15. The summed E-state index contributed by atoms with van der Waals surface area (Å²) < 4.78 is 0. The van der Waals surface area contributed by atoms with Gasteiger partial charge in [0, 0.05) is 21.9 Å². The van der Waals surface area contributed by atoms with Crippen molar-refractivity contribution in [3.05, 3.63) is 42.5 Å².